The molecule has 0 fully saturated rings. The summed E-state index contributed by atoms with van der Waals surface area (Å²) in [4.78, 5) is 2.38. The van der Waals surface area contributed by atoms with Gasteiger partial charge in [0, 0.05) is 17.1 Å². The van der Waals surface area contributed by atoms with Crippen LogP contribution in [0.1, 0.15) is 44.5 Å². The molecule has 0 aliphatic heterocycles. The van der Waals surface area contributed by atoms with Gasteiger partial charge in [0.15, 0.2) is 0 Å². The molecule has 360 valence electrons. The molecule has 2 aliphatic rings. The Morgan fingerprint density at radius 3 is 1.13 bits per heavy atom. The van der Waals surface area contributed by atoms with Gasteiger partial charge >= 0.3 is 0 Å². The van der Waals surface area contributed by atoms with E-state index in [9.17, 15) is 0 Å². The minimum absolute atomic E-state index is 0.543. The Balaban J connectivity index is 0.863. The van der Waals surface area contributed by atoms with Crippen molar-refractivity contribution in [1.29, 1.82) is 0 Å². The lowest BCUT2D eigenvalue weighted by Gasteiger charge is -2.50. The third kappa shape index (κ3) is 6.80. The van der Waals surface area contributed by atoms with Gasteiger partial charge in [-0.05, 0) is 153 Å². The maximum Gasteiger partial charge on any atom is 0.0720 e. The average Bonchev–Trinajstić information content (AvgIpc) is 3.87. The Morgan fingerprint density at radius 1 is 0.221 bits per heavy atom. The van der Waals surface area contributed by atoms with Crippen LogP contribution in [0.15, 0.2) is 309 Å². The van der Waals surface area contributed by atoms with Crippen molar-refractivity contribution in [2.75, 3.05) is 4.90 Å². The quantitative estimate of drug-likeness (QED) is 0.137. The summed E-state index contributed by atoms with van der Waals surface area (Å²) in [5, 5.41) is 4.88. The second-order valence-corrected chi connectivity index (χ2v) is 20.7. The second kappa shape index (κ2) is 17.9. The van der Waals surface area contributed by atoms with Gasteiger partial charge in [-0.3, -0.25) is 0 Å². The maximum absolute atomic E-state index is 2.42. The number of fused-ring (bicyclic) bond motifs is 12. The molecular weight excluding hydrogens is 927 g/mol. The van der Waals surface area contributed by atoms with E-state index in [1.54, 1.807) is 0 Å². The highest BCUT2D eigenvalue weighted by molar-refractivity contribution is 6.10. The largest absolute Gasteiger partial charge is 0.310 e. The Labute approximate surface area is 450 Å². The first kappa shape index (κ1) is 44.6. The van der Waals surface area contributed by atoms with E-state index in [4.69, 9.17) is 0 Å². The highest BCUT2D eigenvalue weighted by Crippen LogP contribution is 2.65. The minimum Gasteiger partial charge on any atom is -0.310 e. The maximum atomic E-state index is 2.42. The van der Waals surface area contributed by atoms with Crippen molar-refractivity contribution >= 4 is 38.6 Å². The zero-order valence-corrected chi connectivity index (χ0v) is 42.4. The monoisotopic (exact) mass is 977 g/mol. The predicted octanol–water partition coefficient (Wildman–Crippen LogP) is 19.5. The number of hydrogen-bond donors (Lipinski definition) is 0. The first-order valence-electron chi connectivity index (χ1n) is 26.8. The molecule has 0 heterocycles. The highest BCUT2D eigenvalue weighted by Gasteiger charge is 2.56. The molecule has 0 saturated heterocycles. The van der Waals surface area contributed by atoms with E-state index in [-0.39, 0.29) is 0 Å². The van der Waals surface area contributed by atoms with E-state index in [2.05, 4.69) is 314 Å². The fourth-order valence-electron chi connectivity index (χ4n) is 13.6. The number of anilines is 3. The van der Waals surface area contributed by atoms with Gasteiger partial charge in [-0.25, -0.2) is 0 Å². The third-order valence-corrected chi connectivity index (χ3v) is 16.8. The molecule has 77 heavy (non-hydrogen) atoms. The number of nitrogens with zero attached hydrogens (tertiary/aromatic N) is 1. The van der Waals surface area contributed by atoms with Gasteiger partial charge in [0.25, 0.3) is 0 Å². The van der Waals surface area contributed by atoms with Gasteiger partial charge in [-0.1, -0.05) is 267 Å². The molecule has 13 aromatic carbocycles. The van der Waals surface area contributed by atoms with Crippen LogP contribution in [0.2, 0.25) is 0 Å². The summed E-state index contributed by atoms with van der Waals surface area (Å²) in [6, 6.07) is 115. The number of rotatable bonds is 8. The number of hydrogen-bond acceptors (Lipinski definition) is 1. The number of benzene rings is 13. The zero-order valence-electron chi connectivity index (χ0n) is 42.4. The first-order valence-corrected chi connectivity index (χ1v) is 26.8. The highest BCUT2D eigenvalue weighted by atomic mass is 15.1. The van der Waals surface area contributed by atoms with Gasteiger partial charge in [-0.15, -0.1) is 0 Å². The molecule has 0 aromatic heterocycles. The van der Waals surface area contributed by atoms with Crippen LogP contribution in [0.25, 0.3) is 66.1 Å². The van der Waals surface area contributed by atoms with Gasteiger partial charge in [0.1, 0.15) is 0 Å². The molecule has 15 rings (SSSR count). The van der Waals surface area contributed by atoms with Crippen molar-refractivity contribution in [2.24, 2.45) is 0 Å². The van der Waals surface area contributed by atoms with Crippen molar-refractivity contribution in [2.45, 2.75) is 10.8 Å². The van der Waals surface area contributed by atoms with Gasteiger partial charge < -0.3 is 4.90 Å². The van der Waals surface area contributed by atoms with Crippen molar-refractivity contribution < 1.29 is 0 Å². The molecule has 0 saturated carbocycles. The zero-order chi connectivity index (χ0) is 50.9. The molecule has 0 N–H and O–H groups in total. The van der Waals surface area contributed by atoms with E-state index in [0.717, 1.165) is 17.1 Å². The Morgan fingerprint density at radius 2 is 0.597 bits per heavy atom. The fraction of sp³-hybridized carbons (Fsp3) is 0.0263. The Bertz CT molecular complexity index is 4180. The van der Waals surface area contributed by atoms with Crippen LogP contribution in [-0.4, -0.2) is 0 Å². The van der Waals surface area contributed by atoms with Crippen LogP contribution in [-0.2, 0) is 10.8 Å². The molecule has 13 aromatic rings. The van der Waals surface area contributed by atoms with Crippen LogP contribution in [0.4, 0.5) is 17.1 Å². The van der Waals surface area contributed by atoms with E-state index in [1.807, 2.05) is 0 Å². The summed E-state index contributed by atoms with van der Waals surface area (Å²) in [6.07, 6.45) is 0. The second-order valence-electron chi connectivity index (χ2n) is 20.7. The molecule has 1 nitrogen and oxygen atoms in total. The van der Waals surface area contributed by atoms with Crippen molar-refractivity contribution in [3.63, 3.8) is 0 Å². The van der Waals surface area contributed by atoms with Crippen LogP contribution < -0.4 is 4.90 Å². The lowest BCUT2D eigenvalue weighted by Crippen LogP contribution is -2.44. The summed E-state index contributed by atoms with van der Waals surface area (Å²) in [7, 11) is 0. The topological polar surface area (TPSA) is 3.24 Å². The van der Waals surface area contributed by atoms with Gasteiger partial charge in [0.2, 0.25) is 0 Å². The van der Waals surface area contributed by atoms with Gasteiger partial charge in [-0.2, -0.15) is 0 Å². The SMILES string of the molecule is c1ccc(-c2ccc(N(c3ccc(-c4ccccc4)cc3)c3ccc4c(ccc5cc(-c6cccc7c6-c6ccccc6C76c7ccccc7C(c7ccccc7)(c7ccccc7)c7ccccc76)ccc54)c3)cc2)cc1. The summed E-state index contributed by atoms with van der Waals surface area (Å²) in [6.45, 7) is 0. The molecule has 1 heteroatoms. The lowest BCUT2D eigenvalue weighted by atomic mass is 9.51. The molecule has 0 unspecified atom stereocenters. The smallest absolute Gasteiger partial charge is 0.0720 e. The van der Waals surface area contributed by atoms with Gasteiger partial charge in [0.05, 0.1) is 10.8 Å². The summed E-state index contributed by atoms with van der Waals surface area (Å²) >= 11 is 0. The summed E-state index contributed by atoms with van der Waals surface area (Å²) in [5.74, 6) is 0. The molecule has 0 amide bonds. The average molecular weight is 978 g/mol. The third-order valence-electron chi connectivity index (χ3n) is 16.8. The van der Waals surface area contributed by atoms with Crippen LogP contribution in [0, 0.1) is 0 Å². The summed E-state index contributed by atoms with van der Waals surface area (Å²) in [5.41, 5.74) is 22.5. The van der Waals surface area contributed by atoms with E-state index >= 15 is 0 Å². The molecule has 1 spiro atoms. The van der Waals surface area contributed by atoms with Crippen LogP contribution in [0.3, 0.4) is 0 Å². The van der Waals surface area contributed by atoms with Crippen LogP contribution >= 0.6 is 0 Å². The summed E-state index contributed by atoms with van der Waals surface area (Å²) < 4.78 is 0. The van der Waals surface area contributed by atoms with E-state index in [1.165, 1.54) is 111 Å². The van der Waals surface area contributed by atoms with Crippen molar-refractivity contribution in [3.05, 3.63) is 354 Å². The molecule has 0 atom stereocenters. The van der Waals surface area contributed by atoms with E-state index < -0.39 is 10.8 Å². The molecule has 0 bridgehead atoms. The minimum atomic E-state index is -0.561. The van der Waals surface area contributed by atoms with Crippen molar-refractivity contribution in [3.8, 4) is 44.5 Å². The predicted molar refractivity (Wildman–Crippen MR) is 322 cm³/mol. The molecule has 0 radical (unpaired) electrons. The molecule has 2 aliphatic carbocycles. The fourth-order valence-corrected chi connectivity index (χ4v) is 13.6. The molecular formula is C76H51N. The Kier molecular flexibility index (Phi) is 10.4. The first-order chi connectivity index (χ1) is 38.2. The van der Waals surface area contributed by atoms with Crippen LogP contribution in [0.5, 0.6) is 0 Å². The normalized spacial score (nSPS) is 13.4. The Hall–Kier alpha value is -9.82. The van der Waals surface area contributed by atoms with Crippen molar-refractivity contribution in [1.82, 2.24) is 0 Å². The lowest BCUT2D eigenvalue weighted by molar-refractivity contribution is 0.623. The van der Waals surface area contributed by atoms with E-state index in [0.29, 0.717) is 0 Å². The standard InChI is InChI=1S/C76H51N/c1-5-20-52(21-6-1)54-38-43-61(44-39-54)77(62-45-40-55(41-46-62)53-22-7-2-8-23-53)63-47-49-65-58(51-63)37-36-56-50-57(42-48-64(56)65)66-29-19-35-73-74(66)67-28-13-14-30-68(67)76(73)71-33-17-15-31-69(71)75(59-24-9-3-10-25-59,60-26-11-4-12-27-60)70-32-16-18-34-72(70)76/h1-51H.